The minimum atomic E-state index is -4.48. The van der Waals surface area contributed by atoms with Crippen LogP contribution in [-0.4, -0.2) is 65.1 Å². The van der Waals surface area contributed by atoms with Crippen LogP contribution in [0.3, 0.4) is 0 Å². The number of ether oxygens (including phenoxy) is 3. The fraction of sp³-hybridized carbons (Fsp3) is 0.316. The highest BCUT2D eigenvalue weighted by atomic mass is 35.5. The standard InChI is InChI=1S/C38H44ClN3O7S/c1-7-27(3)40-38(44)33(21-28-11-9-8-10-12-28)41(24-29-15-13-26(2)14-16-29)37(43)25-42(32-22-30(39)17-19-34(32)47-4)50(45,46)31-18-20-35(48-5)36(23-31)49-6/h8-20,22-23,27,33H,7,21,24-25H2,1-6H3,(H,40,44). The van der Waals surface area contributed by atoms with Crippen molar-refractivity contribution in [3.63, 3.8) is 0 Å². The first kappa shape index (κ1) is 38.1. The molecule has 0 bridgehead atoms. The van der Waals surface area contributed by atoms with E-state index in [4.69, 9.17) is 25.8 Å². The van der Waals surface area contributed by atoms with E-state index < -0.39 is 28.5 Å². The molecule has 0 aliphatic heterocycles. The van der Waals surface area contributed by atoms with Crippen molar-refractivity contribution in [2.45, 2.75) is 57.1 Å². The zero-order valence-electron chi connectivity index (χ0n) is 29.2. The van der Waals surface area contributed by atoms with E-state index in [9.17, 15) is 18.0 Å². The van der Waals surface area contributed by atoms with Crippen molar-refractivity contribution in [1.82, 2.24) is 10.2 Å². The summed E-state index contributed by atoms with van der Waals surface area (Å²) in [5.74, 6) is -0.278. The summed E-state index contributed by atoms with van der Waals surface area (Å²) in [6, 6.07) is 24.6. The second-order valence-corrected chi connectivity index (χ2v) is 14.2. The number of aryl methyl sites for hydroxylation is 1. The molecule has 0 fully saturated rings. The lowest BCUT2D eigenvalue weighted by Crippen LogP contribution is -2.54. The molecule has 50 heavy (non-hydrogen) atoms. The molecule has 1 N–H and O–H groups in total. The summed E-state index contributed by atoms with van der Waals surface area (Å²) < 4.78 is 46.4. The van der Waals surface area contributed by atoms with E-state index in [1.54, 1.807) is 6.07 Å². The van der Waals surface area contributed by atoms with Crippen LogP contribution in [0.4, 0.5) is 5.69 Å². The summed E-state index contributed by atoms with van der Waals surface area (Å²) in [5, 5.41) is 3.27. The first-order valence-electron chi connectivity index (χ1n) is 16.2. The molecule has 12 heteroatoms. The van der Waals surface area contributed by atoms with Crippen LogP contribution in [-0.2, 0) is 32.6 Å². The summed E-state index contributed by atoms with van der Waals surface area (Å²) >= 11 is 6.40. The average molecular weight is 722 g/mol. The number of halogens is 1. The molecule has 2 atom stereocenters. The summed E-state index contributed by atoms with van der Waals surface area (Å²) in [6.45, 7) is 5.18. The number of benzene rings is 4. The summed E-state index contributed by atoms with van der Waals surface area (Å²) in [7, 11) is -0.245. The van der Waals surface area contributed by atoms with Gasteiger partial charge in [0.05, 0.1) is 31.9 Å². The van der Waals surface area contributed by atoms with Crippen molar-refractivity contribution in [1.29, 1.82) is 0 Å². The normalized spacial score (nSPS) is 12.4. The van der Waals surface area contributed by atoms with Gasteiger partial charge in [0.2, 0.25) is 11.8 Å². The van der Waals surface area contributed by atoms with E-state index in [1.165, 1.54) is 56.6 Å². The van der Waals surface area contributed by atoms with Crippen LogP contribution in [0.2, 0.25) is 5.02 Å². The summed E-state index contributed by atoms with van der Waals surface area (Å²) in [4.78, 5) is 30.1. The predicted octanol–water partition coefficient (Wildman–Crippen LogP) is 6.42. The van der Waals surface area contributed by atoms with Gasteiger partial charge in [-0.2, -0.15) is 0 Å². The SMILES string of the molecule is CCC(C)NC(=O)C(Cc1ccccc1)N(Cc1ccc(C)cc1)C(=O)CN(c1cc(Cl)ccc1OC)S(=O)(=O)c1ccc(OC)c(OC)c1. The Bertz CT molecular complexity index is 1870. The van der Waals surface area contributed by atoms with E-state index in [2.05, 4.69) is 5.32 Å². The number of methoxy groups -OCH3 is 3. The second-order valence-electron chi connectivity index (χ2n) is 11.9. The number of amides is 2. The first-order chi connectivity index (χ1) is 23.9. The Kier molecular flexibility index (Phi) is 13.1. The van der Waals surface area contributed by atoms with Crippen molar-refractivity contribution in [2.24, 2.45) is 0 Å². The molecule has 2 amide bonds. The Hall–Kier alpha value is -4.74. The van der Waals surface area contributed by atoms with Crippen LogP contribution >= 0.6 is 11.6 Å². The van der Waals surface area contributed by atoms with Gasteiger partial charge in [0.25, 0.3) is 10.0 Å². The van der Waals surface area contributed by atoms with Crippen LogP contribution in [0.1, 0.15) is 37.0 Å². The molecule has 0 radical (unpaired) electrons. The third-order valence-corrected chi connectivity index (χ3v) is 10.4. The smallest absolute Gasteiger partial charge is 0.265 e. The van der Waals surface area contributed by atoms with Crippen LogP contribution in [0.5, 0.6) is 17.2 Å². The summed E-state index contributed by atoms with van der Waals surface area (Å²) in [5.41, 5.74) is 2.68. The van der Waals surface area contributed by atoms with E-state index in [0.29, 0.717) is 12.2 Å². The first-order valence-corrected chi connectivity index (χ1v) is 18.0. The van der Waals surface area contributed by atoms with Crippen molar-refractivity contribution in [3.05, 3.63) is 113 Å². The van der Waals surface area contributed by atoms with Gasteiger partial charge in [0, 0.05) is 30.1 Å². The molecule has 0 saturated heterocycles. The van der Waals surface area contributed by atoms with Crippen molar-refractivity contribution < 1.29 is 32.2 Å². The molecular weight excluding hydrogens is 678 g/mol. The number of sulfonamides is 1. The van der Waals surface area contributed by atoms with Gasteiger partial charge in [-0.15, -0.1) is 0 Å². The van der Waals surface area contributed by atoms with Gasteiger partial charge in [-0.1, -0.05) is 78.7 Å². The van der Waals surface area contributed by atoms with Crippen LogP contribution in [0.25, 0.3) is 0 Å². The maximum absolute atomic E-state index is 14.8. The third-order valence-electron chi connectivity index (χ3n) is 8.38. The fourth-order valence-corrected chi connectivity index (χ4v) is 6.96. The molecule has 0 spiro atoms. The molecule has 266 valence electrons. The number of nitrogens with one attached hydrogen (secondary N) is 1. The third kappa shape index (κ3) is 9.28. The van der Waals surface area contributed by atoms with E-state index in [1.807, 2.05) is 75.4 Å². The van der Waals surface area contributed by atoms with E-state index in [-0.39, 0.29) is 52.0 Å². The Morgan fingerprint density at radius 2 is 1.46 bits per heavy atom. The van der Waals surface area contributed by atoms with Gasteiger partial charge in [-0.05, 0) is 61.7 Å². The van der Waals surface area contributed by atoms with Gasteiger partial charge >= 0.3 is 0 Å². The lowest BCUT2D eigenvalue weighted by atomic mass is 10.0. The zero-order valence-corrected chi connectivity index (χ0v) is 30.8. The van der Waals surface area contributed by atoms with E-state index >= 15 is 0 Å². The maximum Gasteiger partial charge on any atom is 0.265 e. The van der Waals surface area contributed by atoms with Gasteiger partial charge < -0.3 is 24.4 Å². The molecule has 0 heterocycles. The zero-order chi connectivity index (χ0) is 36.4. The van der Waals surface area contributed by atoms with Gasteiger partial charge in [-0.25, -0.2) is 8.42 Å². The Labute approximate surface area is 300 Å². The monoisotopic (exact) mass is 721 g/mol. The number of hydrogen-bond donors (Lipinski definition) is 1. The predicted molar refractivity (Wildman–Crippen MR) is 196 cm³/mol. The lowest BCUT2D eigenvalue weighted by Gasteiger charge is -2.34. The minimum Gasteiger partial charge on any atom is -0.495 e. The van der Waals surface area contributed by atoms with Gasteiger partial charge in [0.1, 0.15) is 18.3 Å². The van der Waals surface area contributed by atoms with Gasteiger partial charge in [0.15, 0.2) is 11.5 Å². The summed E-state index contributed by atoms with van der Waals surface area (Å²) in [6.07, 6.45) is 0.880. The average Bonchev–Trinajstić information content (AvgIpc) is 3.12. The number of anilines is 1. The van der Waals surface area contributed by atoms with Crippen LogP contribution in [0, 0.1) is 6.92 Å². The topological polar surface area (TPSA) is 114 Å². The van der Waals surface area contributed by atoms with Crippen molar-refractivity contribution in [2.75, 3.05) is 32.2 Å². The molecule has 0 aliphatic carbocycles. The number of nitrogens with zero attached hydrogens (tertiary/aromatic N) is 2. The minimum absolute atomic E-state index is 0.0431. The highest BCUT2D eigenvalue weighted by molar-refractivity contribution is 7.92. The van der Waals surface area contributed by atoms with E-state index in [0.717, 1.165) is 21.0 Å². The Morgan fingerprint density at radius 3 is 2.08 bits per heavy atom. The van der Waals surface area contributed by atoms with Gasteiger partial charge in [-0.3, -0.25) is 13.9 Å². The number of rotatable bonds is 16. The highest BCUT2D eigenvalue weighted by Gasteiger charge is 2.36. The Balaban J connectivity index is 1.88. The molecule has 4 rings (SSSR count). The molecule has 4 aromatic carbocycles. The lowest BCUT2D eigenvalue weighted by molar-refractivity contribution is -0.140. The van der Waals surface area contributed by atoms with Crippen molar-refractivity contribution >= 4 is 39.1 Å². The molecule has 0 aromatic heterocycles. The highest BCUT2D eigenvalue weighted by Crippen LogP contribution is 2.37. The van der Waals surface area contributed by atoms with Crippen LogP contribution < -0.4 is 23.8 Å². The van der Waals surface area contributed by atoms with Crippen molar-refractivity contribution in [3.8, 4) is 17.2 Å². The quantitative estimate of drug-likeness (QED) is 0.142. The molecular formula is C38H44ClN3O7S. The molecule has 0 aliphatic rings. The number of carbonyl (C=O) groups excluding carboxylic acids is 2. The molecule has 0 saturated carbocycles. The second kappa shape index (κ2) is 17.3. The van der Waals surface area contributed by atoms with Crippen LogP contribution in [0.15, 0.2) is 95.9 Å². The molecule has 10 nitrogen and oxygen atoms in total. The Morgan fingerprint density at radius 1 is 0.820 bits per heavy atom. The molecule has 2 unspecified atom stereocenters. The fourth-order valence-electron chi connectivity index (χ4n) is 5.36. The maximum atomic E-state index is 14.8. The number of hydrogen-bond acceptors (Lipinski definition) is 7. The number of carbonyl (C=O) groups is 2. The largest absolute Gasteiger partial charge is 0.495 e. The molecule has 4 aromatic rings.